The molecule has 0 fully saturated rings. The molecule has 0 spiro atoms. The van der Waals surface area contributed by atoms with Crippen LogP contribution in [-0.4, -0.2) is 6.54 Å². The lowest BCUT2D eigenvalue weighted by molar-refractivity contribution is 0.303. The fourth-order valence-electron chi connectivity index (χ4n) is 2.00. The maximum Gasteiger partial charge on any atom is 0.124 e. The molecule has 0 aliphatic rings. The minimum Gasteiger partial charge on any atom is -0.488 e. The van der Waals surface area contributed by atoms with Crippen LogP contribution >= 0.6 is 22.9 Å². The van der Waals surface area contributed by atoms with Crippen molar-refractivity contribution in [2.24, 2.45) is 0 Å². The summed E-state index contributed by atoms with van der Waals surface area (Å²) < 4.78 is 5.95. The van der Waals surface area contributed by atoms with Gasteiger partial charge >= 0.3 is 0 Å². The summed E-state index contributed by atoms with van der Waals surface area (Å²) in [7, 11) is 0. The third-order valence-corrected chi connectivity index (χ3v) is 4.17. The van der Waals surface area contributed by atoms with E-state index in [2.05, 4.69) is 30.6 Å². The summed E-state index contributed by atoms with van der Waals surface area (Å²) in [6.07, 6.45) is 1.11. The lowest BCUT2D eigenvalue weighted by Crippen LogP contribution is -2.20. The number of benzene rings is 1. The largest absolute Gasteiger partial charge is 0.488 e. The second kappa shape index (κ2) is 7.67. The molecule has 1 unspecified atom stereocenters. The van der Waals surface area contributed by atoms with E-state index < -0.39 is 0 Å². The number of hydrogen-bond acceptors (Lipinski definition) is 3. The van der Waals surface area contributed by atoms with E-state index in [0.717, 1.165) is 29.3 Å². The quantitative estimate of drug-likeness (QED) is 0.773. The molecule has 1 heterocycles. The standard InChI is InChI=1S/C16H20ClNOS/c1-3-8-18-12(2)15-10-13(17)6-7-16(15)19-11-14-5-4-9-20-14/h4-7,9-10,12,18H,3,8,11H2,1-2H3. The zero-order chi connectivity index (χ0) is 14.4. The molecule has 1 aromatic heterocycles. The topological polar surface area (TPSA) is 21.3 Å². The van der Waals surface area contributed by atoms with Crippen molar-refractivity contribution in [3.05, 3.63) is 51.2 Å². The first-order valence-electron chi connectivity index (χ1n) is 6.88. The molecule has 2 aromatic rings. The van der Waals surface area contributed by atoms with Crippen LogP contribution in [0.2, 0.25) is 5.02 Å². The Labute approximate surface area is 129 Å². The van der Waals surface area contributed by atoms with Gasteiger partial charge in [0.05, 0.1) is 0 Å². The smallest absolute Gasteiger partial charge is 0.124 e. The highest BCUT2D eigenvalue weighted by Gasteiger charge is 2.12. The maximum absolute atomic E-state index is 6.11. The number of ether oxygens (including phenoxy) is 1. The predicted molar refractivity (Wildman–Crippen MR) is 86.8 cm³/mol. The molecule has 0 aliphatic heterocycles. The molecule has 0 saturated carbocycles. The summed E-state index contributed by atoms with van der Waals surface area (Å²) in [4.78, 5) is 1.22. The van der Waals surface area contributed by atoms with Gasteiger partial charge in [0.2, 0.25) is 0 Å². The van der Waals surface area contributed by atoms with E-state index in [0.29, 0.717) is 6.61 Å². The van der Waals surface area contributed by atoms with E-state index >= 15 is 0 Å². The second-order valence-electron chi connectivity index (χ2n) is 4.73. The van der Waals surface area contributed by atoms with Crippen molar-refractivity contribution in [2.45, 2.75) is 32.9 Å². The van der Waals surface area contributed by atoms with Gasteiger partial charge in [-0.1, -0.05) is 24.6 Å². The number of rotatable bonds is 7. The molecule has 1 atom stereocenters. The van der Waals surface area contributed by atoms with Gasteiger partial charge in [0.1, 0.15) is 12.4 Å². The van der Waals surface area contributed by atoms with Crippen molar-refractivity contribution in [3.63, 3.8) is 0 Å². The van der Waals surface area contributed by atoms with Gasteiger partial charge in [0, 0.05) is 21.5 Å². The van der Waals surface area contributed by atoms with E-state index in [1.807, 2.05) is 24.3 Å². The summed E-state index contributed by atoms with van der Waals surface area (Å²) in [5.74, 6) is 0.902. The third kappa shape index (κ3) is 4.23. The van der Waals surface area contributed by atoms with E-state index in [9.17, 15) is 0 Å². The fourth-order valence-corrected chi connectivity index (χ4v) is 2.80. The molecule has 0 radical (unpaired) electrons. The van der Waals surface area contributed by atoms with Gasteiger partial charge in [0.15, 0.2) is 0 Å². The number of hydrogen-bond donors (Lipinski definition) is 1. The van der Waals surface area contributed by atoms with Crippen LogP contribution in [-0.2, 0) is 6.61 Å². The molecule has 4 heteroatoms. The zero-order valence-electron chi connectivity index (χ0n) is 11.9. The Kier molecular flexibility index (Phi) is 5.89. The van der Waals surface area contributed by atoms with Crippen molar-refractivity contribution in [3.8, 4) is 5.75 Å². The van der Waals surface area contributed by atoms with Gasteiger partial charge < -0.3 is 10.1 Å². The highest BCUT2D eigenvalue weighted by molar-refractivity contribution is 7.09. The lowest BCUT2D eigenvalue weighted by Gasteiger charge is -2.18. The van der Waals surface area contributed by atoms with Crippen molar-refractivity contribution < 1.29 is 4.74 Å². The summed E-state index contributed by atoms with van der Waals surface area (Å²) >= 11 is 7.82. The predicted octanol–water partition coefficient (Wildman–Crippen LogP) is 5.04. The van der Waals surface area contributed by atoms with Crippen LogP contribution in [0.4, 0.5) is 0 Å². The average molecular weight is 310 g/mol. The second-order valence-corrected chi connectivity index (χ2v) is 6.19. The Morgan fingerprint density at radius 3 is 2.90 bits per heavy atom. The van der Waals surface area contributed by atoms with E-state index in [1.54, 1.807) is 11.3 Å². The molecule has 1 N–H and O–H groups in total. The summed E-state index contributed by atoms with van der Waals surface area (Å²) in [6.45, 7) is 5.88. The highest BCUT2D eigenvalue weighted by atomic mass is 35.5. The highest BCUT2D eigenvalue weighted by Crippen LogP contribution is 2.29. The first-order chi connectivity index (χ1) is 9.70. The van der Waals surface area contributed by atoms with Crippen LogP contribution in [0.3, 0.4) is 0 Å². The summed E-state index contributed by atoms with van der Waals surface area (Å²) in [5, 5.41) is 6.28. The summed E-state index contributed by atoms with van der Waals surface area (Å²) in [6, 6.07) is 10.2. The van der Waals surface area contributed by atoms with Crippen LogP contribution in [0, 0.1) is 0 Å². The van der Waals surface area contributed by atoms with Crippen LogP contribution in [0.5, 0.6) is 5.75 Å². The van der Waals surface area contributed by atoms with E-state index in [4.69, 9.17) is 16.3 Å². The molecule has 20 heavy (non-hydrogen) atoms. The zero-order valence-corrected chi connectivity index (χ0v) is 13.4. The molecule has 2 nitrogen and oxygen atoms in total. The molecule has 1 aromatic carbocycles. The molecule has 0 amide bonds. The van der Waals surface area contributed by atoms with Gasteiger partial charge in [-0.3, -0.25) is 0 Å². The van der Waals surface area contributed by atoms with Crippen LogP contribution in [0.15, 0.2) is 35.7 Å². The Balaban J connectivity index is 2.10. The normalized spacial score (nSPS) is 12.3. The van der Waals surface area contributed by atoms with E-state index in [-0.39, 0.29) is 6.04 Å². The van der Waals surface area contributed by atoms with Gasteiger partial charge in [-0.05, 0) is 49.5 Å². The number of thiophene rings is 1. The first kappa shape index (κ1) is 15.4. The SMILES string of the molecule is CCCNC(C)c1cc(Cl)ccc1OCc1cccs1. The number of nitrogens with one attached hydrogen (secondary N) is 1. The van der Waals surface area contributed by atoms with Crippen LogP contribution in [0.25, 0.3) is 0 Å². The molecular weight excluding hydrogens is 290 g/mol. The van der Waals surface area contributed by atoms with Crippen molar-refractivity contribution in [1.82, 2.24) is 5.32 Å². The minimum atomic E-state index is 0.229. The van der Waals surface area contributed by atoms with Crippen LogP contribution < -0.4 is 10.1 Å². The molecule has 108 valence electrons. The monoisotopic (exact) mass is 309 g/mol. The maximum atomic E-state index is 6.11. The molecular formula is C16H20ClNOS. The Morgan fingerprint density at radius 1 is 1.35 bits per heavy atom. The van der Waals surface area contributed by atoms with Crippen molar-refractivity contribution >= 4 is 22.9 Å². The minimum absolute atomic E-state index is 0.229. The first-order valence-corrected chi connectivity index (χ1v) is 8.14. The molecule has 0 saturated heterocycles. The Hall–Kier alpha value is -1.03. The van der Waals surface area contributed by atoms with Gasteiger partial charge in [0.25, 0.3) is 0 Å². The fraction of sp³-hybridized carbons (Fsp3) is 0.375. The van der Waals surface area contributed by atoms with Crippen molar-refractivity contribution in [2.75, 3.05) is 6.54 Å². The van der Waals surface area contributed by atoms with E-state index in [1.165, 1.54) is 4.88 Å². The molecule has 0 aliphatic carbocycles. The van der Waals surface area contributed by atoms with Gasteiger partial charge in [-0.15, -0.1) is 11.3 Å². The summed E-state index contributed by atoms with van der Waals surface area (Å²) in [5.41, 5.74) is 1.11. The van der Waals surface area contributed by atoms with Gasteiger partial charge in [-0.25, -0.2) is 0 Å². The molecule has 0 bridgehead atoms. The average Bonchev–Trinajstić information content (AvgIpc) is 2.96. The Morgan fingerprint density at radius 2 is 2.20 bits per heavy atom. The third-order valence-electron chi connectivity index (χ3n) is 3.09. The van der Waals surface area contributed by atoms with Gasteiger partial charge in [-0.2, -0.15) is 0 Å². The number of halogens is 1. The van der Waals surface area contributed by atoms with Crippen molar-refractivity contribution in [1.29, 1.82) is 0 Å². The lowest BCUT2D eigenvalue weighted by atomic mass is 10.1. The Bertz CT molecular complexity index is 527. The van der Waals surface area contributed by atoms with Crippen LogP contribution in [0.1, 0.15) is 36.8 Å². The molecule has 2 rings (SSSR count).